The largest absolute Gasteiger partial charge is 0.480 e. The van der Waals surface area contributed by atoms with Gasteiger partial charge in [0.2, 0.25) is 0 Å². The Morgan fingerprint density at radius 3 is 2.33 bits per heavy atom. The van der Waals surface area contributed by atoms with Crippen molar-refractivity contribution in [3.05, 3.63) is 59.1 Å². The highest BCUT2D eigenvalue weighted by atomic mass is 35.5. The van der Waals surface area contributed by atoms with E-state index in [1.54, 1.807) is 12.1 Å². The van der Waals surface area contributed by atoms with Gasteiger partial charge in [-0.2, -0.15) is 0 Å². The van der Waals surface area contributed by atoms with E-state index in [4.69, 9.17) is 29.6 Å². The SMILES string of the molecule is NC(=S)SC(C(=O)O)c1ccc(-c2ccccc2Cl)cc1. The summed E-state index contributed by atoms with van der Waals surface area (Å²) in [6.45, 7) is 0. The van der Waals surface area contributed by atoms with E-state index in [9.17, 15) is 9.90 Å². The average Bonchev–Trinajstić information content (AvgIpc) is 2.45. The highest BCUT2D eigenvalue weighted by molar-refractivity contribution is 8.23. The Morgan fingerprint density at radius 1 is 1.19 bits per heavy atom. The highest BCUT2D eigenvalue weighted by Crippen LogP contribution is 2.32. The van der Waals surface area contributed by atoms with Crippen LogP contribution in [0.5, 0.6) is 0 Å². The van der Waals surface area contributed by atoms with Gasteiger partial charge in [0.15, 0.2) is 0 Å². The van der Waals surface area contributed by atoms with E-state index in [0.717, 1.165) is 22.9 Å². The quantitative estimate of drug-likeness (QED) is 0.822. The molecule has 108 valence electrons. The number of carboxylic acids is 1. The zero-order valence-corrected chi connectivity index (χ0v) is 13.2. The van der Waals surface area contributed by atoms with Crippen molar-refractivity contribution in [3.63, 3.8) is 0 Å². The van der Waals surface area contributed by atoms with Gasteiger partial charge in [-0.05, 0) is 17.2 Å². The summed E-state index contributed by atoms with van der Waals surface area (Å²) in [6, 6.07) is 14.7. The van der Waals surface area contributed by atoms with Crippen LogP contribution in [0.2, 0.25) is 5.02 Å². The molecule has 2 aromatic carbocycles. The van der Waals surface area contributed by atoms with Crippen molar-refractivity contribution < 1.29 is 9.90 Å². The number of thioether (sulfide) groups is 1. The lowest BCUT2D eigenvalue weighted by molar-refractivity contribution is -0.136. The van der Waals surface area contributed by atoms with Crippen molar-refractivity contribution in [1.82, 2.24) is 0 Å². The molecule has 0 radical (unpaired) electrons. The molecule has 2 aromatic rings. The molecule has 3 nitrogen and oxygen atoms in total. The minimum absolute atomic E-state index is 0.109. The molecule has 0 aromatic heterocycles. The lowest BCUT2D eigenvalue weighted by Gasteiger charge is -2.12. The Balaban J connectivity index is 2.32. The molecule has 1 unspecified atom stereocenters. The van der Waals surface area contributed by atoms with Gasteiger partial charge in [0.05, 0.1) is 0 Å². The molecule has 0 aliphatic carbocycles. The summed E-state index contributed by atoms with van der Waals surface area (Å²) in [5, 5.41) is 9.10. The number of benzene rings is 2. The van der Waals surface area contributed by atoms with Crippen LogP contribution in [-0.4, -0.2) is 15.4 Å². The molecule has 6 heteroatoms. The van der Waals surface area contributed by atoms with Gasteiger partial charge in [-0.1, -0.05) is 78.0 Å². The molecule has 0 bridgehead atoms. The van der Waals surface area contributed by atoms with E-state index < -0.39 is 11.2 Å². The first-order valence-corrected chi connectivity index (χ1v) is 7.69. The van der Waals surface area contributed by atoms with Gasteiger partial charge in [0, 0.05) is 10.6 Å². The molecule has 1 atom stereocenters. The van der Waals surface area contributed by atoms with Crippen LogP contribution in [0.15, 0.2) is 48.5 Å². The van der Waals surface area contributed by atoms with Gasteiger partial charge in [-0.25, -0.2) is 0 Å². The summed E-state index contributed by atoms with van der Waals surface area (Å²) in [7, 11) is 0. The van der Waals surface area contributed by atoms with Crippen LogP contribution >= 0.6 is 35.6 Å². The first kappa shape index (κ1) is 15.8. The molecular weight excluding hydrogens is 326 g/mol. The summed E-state index contributed by atoms with van der Waals surface area (Å²) in [5.41, 5.74) is 7.89. The van der Waals surface area contributed by atoms with E-state index >= 15 is 0 Å². The first-order valence-electron chi connectivity index (χ1n) is 6.03. The Hall–Kier alpha value is -1.56. The van der Waals surface area contributed by atoms with Crippen molar-refractivity contribution in [2.75, 3.05) is 0 Å². The molecule has 2 rings (SSSR count). The van der Waals surface area contributed by atoms with E-state index in [1.807, 2.05) is 36.4 Å². The maximum absolute atomic E-state index is 11.3. The monoisotopic (exact) mass is 337 g/mol. The molecular formula is C15H12ClNO2S2. The van der Waals surface area contributed by atoms with Crippen LogP contribution in [0.3, 0.4) is 0 Å². The first-order chi connectivity index (χ1) is 9.99. The molecule has 3 N–H and O–H groups in total. The van der Waals surface area contributed by atoms with Crippen molar-refractivity contribution in [1.29, 1.82) is 0 Å². The normalized spacial score (nSPS) is 11.9. The maximum atomic E-state index is 11.3. The second-order valence-electron chi connectivity index (χ2n) is 4.26. The molecule has 0 fully saturated rings. The fraction of sp³-hybridized carbons (Fsp3) is 0.0667. The van der Waals surface area contributed by atoms with Crippen LogP contribution in [0.4, 0.5) is 0 Å². The van der Waals surface area contributed by atoms with E-state index in [2.05, 4.69) is 0 Å². The third-order valence-electron chi connectivity index (χ3n) is 2.86. The Kier molecular flexibility index (Phi) is 5.22. The second kappa shape index (κ2) is 6.93. The van der Waals surface area contributed by atoms with Crippen molar-refractivity contribution >= 4 is 45.9 Å². The van der Waals surface area contributed by atoms with Crippen LogP contribution in [0.1, 0.15) is 10.8 Å². The van der Waals surface area contributed by atoms with Crippen molar-refractivity contribution in [2.24, 2.45) is 5.73 Å². The molecule has 0 saturated heterocycles. The lowest BCUT2D eigenvalue weighted by Crippen LogP contribution is -2.13. The van der Waals surface area contributed by atoms with Gasteiger partial charge in [0.25, 0.3) is 0 Å². The van der Waals surface area contributed by atoms with Gasteiger partial charge in [0.1, 0.15) is 9.57 Å². The fourth-order valence-electron chi connectivity index (χ4n) is 1.91. The third kappa shape index (κ3) is 3.97. The molecule has 0 saturated carbocycles. The Morgan fingerprint density at radius 2 is 1.81 bits per heavy atom. The molecule has 21 heavy (non-hydrogen) atoms. The summed E-state index contributed by atoms with van der Waals surface area (Å²) in [5.74, 6) is -0.974. The van der Waals surface area contributed by atoms with Gasteiger partial charge >= 0.3 is 5.97 Å². The van der Waals surface area contributed by atoms with Crippen LogP contribution in [0, 0.1) is 0 Å². The highest BCUT2D eigenvalue weighted by Gasteiger charge is 2.21. The second-order valence-corrected chi connectivity index (χ2v) is 6.51. The zero-order valence-electron chi connectivity index (χ0n) is 10.8. The number of carbonyl (C=O) groups is 1. The molecule has 0 amide bonds. The third-order valence-corrected chi connectivity index (χ3v) is 4.42. The van der Waals surface area contributed by atoms with Crippen molar-refractivity contribution in [2.45, 2.75) is 5.25 Å². The Bertz CT molecular complexity index is 674. The number of carboxylic acid groups (broad SMARTS) is 1. The van der Waals surface area contributed by atoms with Gasteiger partial charge in [-0.15, -0.1) is 0 Å². The predicted octanol–water partition coefficient (Wildman–Crippen LogP) is 4.11. The predicted molar refractivity (Wildman–Crippen MR) is 91.6 cm³/mol. The molecule has 0 aliphatic rings. The van der Waals surface area contributed by atoms with Gasteiger partial charge < -0.3 is 10.8 Å². The summed E-state index contributed by atoms with van der Waals surface area (Å²) >= 11 is 11.9. The number of hydrogen-bond acceptors (Lipinski definition) is 3. The summed E-state index contributed by atoms with van der Waals surface area (Å²) in [4.78, 5) is 11.3. The maximum Gasteiger partial charge on any atom is 0.321 e. The van der Waals surface area contributed by atoms with E-state index in [-0.39, 0.29) is 4.32 Å². The standard InChI is InChI=1S/C15H12ClNO2S2/c16-12-4-2-1-3-11(12)9-5-7-10(8-6-9)13(14(18)19)21-15(17)20/h1-8,13H,(H2,17,20)(H,18,19). The van der Waals surface area contributed by atoms with Gasteiger partial charge in [-0.3, -0.25) is 4.79 Å². The number of thiocarbonyl (C=S) groups is 1. The zero-order chi connectivity index (χ0) is 15.4. The van der Waals surface area contributed by atoms with Crippen LogP contribution < -0.4 is 5.73 Å². The van der Waals surface area contributed by atoms with E-state index in [1.165, 1.54) is 0 Å². The molecule has 0 aliphatic heterocycles. The summed E-state index contributed by atoms with van der Waals surface area (Å²) in [6.07, 6.45) is 0. The Labute approximate surface area is 137 Å². The number of rotatable bonds is 4. The smallest absolute Gasteiger partial charge is 0.321 e. The number of hydrogen-bond donors (Lipinski definition) is 2. The molecule has 0 spiro atoms. The fourth-order valence-corrected chi connectivity index (χ4v) is 3.07. The topological polar surface area (TPSA) is 63.3 Å². The van der Waals surface area contributed by atoms with Crippen molar-refractivity contribution in [3.8, 4) is 11.1 Å². The number of halogens is 1. The number of nitrogens with two attached hydrogens (primary N) is 1. The summed E-state index contributed by atoms with van der Waals surface area (Å²) < 4.78 is 0.109. The van der Waals surface area contributed by atoms with E-state index in [0.29, 0.717) is 10.6 Å². The lowest BCUT2D eigenvalue weighted by atomic mass is 10.0. The molecule has 0 heterocycles. The van der Waals surface area contributed by atoms with Crippen LogP contribution in [-0.2, 0) is 4.79 Å². The minimum atomic E-state index is -0.974. The average molecular weight is 338 g/mol. The minimum Gasteiger partial charge on any atom is -0.480 e. The number of aliphatic carboxylic acids is 1. The van der Waals surface area contributed by atoms with Crippen LogP contribution in [0.25, 0.3) is 11.1 Å².